The molecule has 0 aliphatic rings. The second kappa shape index (κ2) is 2.93. The van der Waals surface area contributed by atoms with Crippen molar-refractivity contribution in [3.63, 3.8) is 0 Å². The summed E-state index contributed by atoms with van der Waals surface area (Å²) in [4.78, 5) is 10.3. The van der Waals surface area contributed by atoms with Crippen molar-refractivity contribution in [2.75, 3.05) is 0 Å². The molecular weight excluding hydrogens is 172 g/mol. The van der Waals surface area contributed by atoms with E-state index in [2.05, 4.69) is 10.2 Å². The van der Waals surface area contributed by atoms with Gasteiger partial charge in [0, 0.05) is 12.5 Å². The maximum atomic E-state index is 10.3. The number of hydrogen-bond donors (Lipinski definition) is 2. The first kappa shape index (κ1) is 7.85. The summed E-state index contributed by atoms with van der Waals surface area (Å²) >= 11 is 0. The van der Waals surface area contributed by atoms with E-state index in [0.717, 1.165) is 11.2 Å². The second-order valence-electron chi connectivity index (χ2n) is 2.73. The summed E-state index contributed by atoms with van der Waals surface area (Å²) in [5.74, 6) is -0.825. The Balaban J connectivity index is 2.23. The number of nitrogens with one attached hydrogen (secondary N) is 1. The number of carboxylic acids is 1. The average Bonchev–Trinajstić information content (AvgIpc) is 2.60. The fraction of sp³-hybridized carbons (Fsp3) is 0.250. The number of hydrogen-bond acceptors (Lipinski definition) is 3. The van der Waals surface area contributed by atoms with Gasteiger partial charge < -0.3 is 9.52 Å². The van der Waals surface area contributed by atoms with E-state index >= 15 is 0 Å². The molecule has 0 saturated heterocycles. The summed E-state index contributed by atoms with van der Waals surface area (Å²) in [7, 11) is 0. The molecule has 0 atom stereocenters. The van der Waals surface area contributed by atoms with Gasteiger partial charge in [0.1, 0.15) is 5.52 Å². The molecule has 2 rings (SSSR count). The molecule has 2 aromatic heterocycles. The van der Waals surface area contributed by atoms with E-state index in [1.807, 2.05) is 0 Å². The Morgan fingerprint density at radius 1 is 1.69 bits per heavy atom. The summed E-state index contributed by atoms with van der Waals surface area (Å²) in [6.45, 7) is 0. The quantitative estimate of drug-likeness (QED) is 0.743. The van der Waals surface area contributed by atoms with Crippen molar-refractivity contribution in [2.45, 2.75) is 12.8 Å². The van der Waals surface area contributed by atoms with Crippen LogP contribution in [0.25, 0.3) is 11.1 Å². The van der Waals surface area contributed by atoms with Gasteiger partial charge in [-0.15, -0.1) is 0 Å². The number of carbonyl (C=O) groups is 1. The minimum Gasteiger partial charge on any atom is -0.481 e. The van der Waals surface area contributed by atoms with Crippen LogP contribution in [0.1, 0.15) is 12.1 Å². The van der Waals surface area contributed by atoms with Crippen molar-refractivity contribution >= 4 is 17.1 Å². The number of aryl methyl sites for hydroxylation is 1. The Bertz CT molecular complexity index is 429. The van der Waals surface area contributed by atoms with Gasteiger partial charge in [0.05, 0.1) is 18.4 Å². The Kier molecular flexibility index (Phi) is 1.77. The molecule has 2 aromatic rings. The predicted molar refractivity (Wildman–Crippen MR) is 44.3 cm³/mol. The van der Waals surface area contributed by atoms with Crippen molar-refractivity contribution in [1.29, 1.82) is 0 Å². The largest absolute Gasteiger partial charge is 0.481 e. The standard InChI is InChI=1S/C8H8N2O3/c11-7(12)2-1-5-8-6(10-9-5)3-4-13-8/h3-4H,1-2H2,(H,9,10)(H,11,12). The number of rotatable bonds is 3. The van der Waals surface area contributed by atoms with Crippen LogP contribution in [0, 0.1) is 0 Å². The molecule has 0 aromatic carbocycles. The maximum absolute atomic E-state index is 10.3. The van der Waals surface area contributed by atoms with Crippen molar-refractivity contribution in [1.82, 2.24) is 10.2 Å². The van der Waals surface area contributed by atoms with Crippen molar-refractivity contribution in [2.24, 2.45) is 0 Å². The maximum Gasteiger partial charge on any atom is 0.303 e. The molecule has 2 N–H and O–H groups in total. The molecule has 0 radical (unpaired) electrons. The zero-order chi connectivity index (χ0) is 9.26. The molecule has 0 bridgehead atoms. The van der Waals surface area contributed by atoms with Gasteiger partial charge in [0.15, 0.2) is 5.58 Å². The van der Waals surface area contributed by atoms with E-state index in [9.17, 15) is 4.79 Å². The molecule has 13 heavy (non-hydrogen) atoms. The topological polar surface area (TPSA) is 79.1 Å². The van der Waals surface area contributed by atoms with Crippen LogP contribution in [-0.4, -0.2) is 21.3 Å². The molecular formula is C8H8N2O3. The minimum absolute atomic E-state index is 0.0813. The number of aromatic nitrogens is 2. The fourth-order valence-corrected chi connectivity index (χ4v) is 1.20. The summed E-state index contributed by atoms with van der Waals surface area (Å²) in [6, 6.07) is 1.73. The normalized spacial score (nSPS) is 10.8. The highest BCUT2D eigenvalue weighted by molar-refractivity contribution is 5.75. The first-order valence-corrected chi connectivity index (χ1v) is 3.89. The third kappa shape index (κ3) is 1.40. The predicted octanol–water partition coefficient (Wildman–Crippen LogP) is 1.17. The lowest BCUT2D eigenvalue weighted by Gasteiger charge is -1.91. The molecule has 0 fully saturated rings. The summed E-state index contributed by atoms with van der Waals surface area (Å²) < 4.78 is 5.13. The van der Waals surface area contributed by atoms with Gasteiger partial charge in [-0.25, -0.2) is 0 Å². The molecule has 2 heterocycles. The Morgan fingerprint density at radius 2 is 2.54 bits per heavy atom. The van der Waals surface area contributed by atoms with Crippen LogP contribution in [0.5, 0.6) is 0 Å². The zero-order valence-electron chi connectivity index (χ0n) is 6.78. The van der Waals surface area contributed by atoms with Crippen molar-refractivity contribution in [3.8, 4) is 0 Å². The van der Waals surface area contributed by atoms with Crippen LogP contribution in [0.15, 0.2) is 16.7 Å². The number of aliphatic carboxylic acids is 1. The van der Waals surface area contributed by atoms with Gasteiger partial charge in [-0.1, -0.05) is 0 Å². The summed E-state index contributed by atoms with van der Waals surface area (Å²) in [6.07, 6.45) is 2.03. The second-order valence-corrected chi connectivity index (χ2v) is 2.73. The molecule has 68 valence electrons. The number of aromatic amines is 1. The van der Waals surface area contributed by atoms with Crippen LogP contribution >= 0.6 is 0 Å². The molecule has 0 spiro atoms. The van der Waals surface area contributed by atoms with E-state index in [1.54, 1.807) is 6.07 Å². The third-order valence-electron chi connectivity index (χ3n) is 1.82. The van der Waals surface area contributed by atoms with Gasteiger partial charge in [0.2, 0.25) is 0 Å². The molecule has 0 amide bonds. The third-order valence-corrected chi connectivity index (χ3v) is 1.82. The van der Waals surface area contributed by atoms with Crippen LogP contribution in [0.2, 0.25) is 0 Å². The Morgan fingerprint density at radius 3 is 3.31 bits per heavy atom. The first-order valence-electron chi connectivity index (χ1n) is 3.89. The minimum atomic E-state index is -0.825. The fourth-order valence-electron chi connectivity index (χ4n) is 1.20. The number of fused-ring (bicyclic) bond motifs is 1. The lowest BCUT2D eigenvalue weighted by atomic mass is 10.2. The molecule has 5 nitrogen and oxygen atoms in total. The number of nitrogens with zero attached hydrogens (tertiary/aromatic N) is 1. The van der Waals surface area contributed by atoms with Gasteiger partial charge in [-0.05, 0) is 0 Å². The molecule has 0 unspecified atom stereocenters. The Labute approximate surface area is 73.4 Å². The number of carboxylic acid groups (broad SMARTS) is 1. The van der Waals surface area contributed by atoms with Crippen LogP contribution < -0.4 is 0 Å². The van der Waals surface area contributed by atoms with Gasteiger partial charge in [0.25, 0.3) is 0 Å². The number of furan rings is 1. The average molecular weight is 180 g/mol. The molecule has 0 aliphatic carbocycles. The van der Waals surface area contributed by atoms with Gasteiger partial charge >= 0.3 is 5.97 Å². The smallest absolute Gasteiger partial charge is 0.303 e. The molecule has 5 heteroatoms. The summed E-state index contributed by atoms with van der Waals surface area (Å²) in [5, 5.41) is 15.2. The van der Waals surface area contributed by atoms with Crippen LogP contribution in [0.4, 0.5) is 0 Å². The van der Waals surface area contributed by atoms with E-state index in [4.69, 9.17) is 9.52 Å². The highest BCUT2D eigenvalue weighted by Crippen LogP contribution is 2.17. The first-order chi connectivity index (χ1) is 6.27. The highest BCUT2D eigenvalue weighted by Gasteiger charge is 2.09. The lowest BCUT2D eigenvalue weighted by molar-refractivity contribution is -0.136. The van der Waals surface area contributed by atoms with Crippen LogP contribution in [0.3, 0.4) is 0 Å². The lowest BCUT2D eigenvalue weighted by Crippen LogP contribution is -1.97. The summed E-state index contributed by atoms with van der Waals surface area (Å²) in [5.41, 5.74) is 2.13. The van der Waals surface area contributed by atoms with E-state index in [1.165, 1.54) is 6.26 Å². The SMILES string of the molecule is O=C(O)CCc1[nH]nc2ccoc12. The highest BCUT2D eigenvalue weighted by atomic mass is 16.4. The zero-order valence-corrected chi connectivity index (χ0v) is 6.78. The Hall–Kier alpha value is -1.78. The monoisotopic (exact) mass is 180 g/mol. The van der Waals surface area contributed by atoms with Crippen molar-refractivity contribution in [3.05, 3.63) is 18.0 Å². The van der Waals surface area contributed by atoms with Gasteiger partial charge in [-0.2, -0.15) is 5.10 Å². The van der Waals surface area contributed by atoms with E-state index < -0.39 is 5.97 Å². The molecule has 0 saturated carbocycles. The van der Waals surface area contributed by atoms with Crippen LogP contribution in [-0.2, 0) is 11.2 Å². The number of H-pyrrole nitrogens is 1. The molecule has 0 aliphatic heterocycles. The van der Waals surface area contributed by atoms with Gasteiger partial charge in [-0.3, -0.25) is 9.89 Å². The van der Waals surface area contributed by atoms with Crippen molar-refractivity contribution < 1.29 is 14.3 Å². The van der Waals surface area contributed by atoms with E-state index in [-0.39, 0.29) is 6.42 Å². The van der Waals surface area contributed by atoms with E-state index in [0.29, 0.717) is 12.0 Å².